The second-order valence-electron chi connectivity index (χ2n) is 3.14. The monoisotopic (exact) mass is 227 g/mol. The molecule has 0 spiro atoms. The van der Waals surface area contributed by atoms with Gasteiger partial charge in [0.2, 0.25) is 5.91 Å². The average molecular weight is 228 g/mol. The molecule has 1 aromatic rings. The third kappa shape index (κ3) is 2.22. The molecule has 1 saturated heterocycles. The molecule has 14 heavy (non-hydrogen) atoms. The maximum absolute atomic E-state index is 11.3. The molecule has 1 heterocycles. The predicted molar refractivity (Wildman–Crippen MR) is 58.3 cm³/mol. The van der Waals surface area contributed by atoms with Crippen LogP contribution in [0.3, 0.4) is 0 Å². The van der Waals surface area contributed by atoms with Crippen LogP contribution in [0.15, 0.2) is 29.2 Å². The van der Waals surface area contributed by atoms with Gasteiger partial charge < -0.3 is 0 Å². The highest BCUT2D eigenvalue weighted by atomic mass is 35.5. The van der Waals surface area contributed by atoms with Gasteiger partial charge in [-0.1, -0.05) is 11.6 Å². The predicted octanol–water partition coefficient (Wildman–Crippen LogP) is 2.97. The average Bonchev–Trinajstić information content (AvgIpc) is 2.56. The summed E-state index contributed by atoms with van der Waals surface area (Å²) in [5.74, 6) is 0.227. The quantitative estimate of drug-likeness (QED) is 0.724. The zero-order valence-corrected chi connectivity index (χ0v) is 9.14. The van der Waals surface area contributed by atoms with Crippen molar-refractivity contribution in [3.63, 3.8) is 0 Å². The lowest BCUT2D eigenvalue weighted by molar-refractivity contribution is -0.123. The molecule has 0 saturated carbocycles. The van der Waals surface area contributed by atoms with Crippen LogP contribution in [0.1, 0.15) is 12.8 Å². The van der Waals surface area contributed by atoms with E-state index in [-0.39, 0.29) is 5.91 Å². The van der Waals surface area contributed by atoms with Gasteiger partial charge in [0, 0.05) is 22.9 Å². The van der Waals surface area contributed by atoms with Crippen molar-refractivity contribution in [2.45, 2.75) is 17.7 Å². The summed E-state index contributed by atoms with van der Waals surface area (Å²) in [6.45, 7) is 0.853. The fourth-order valence-electron chi connectivity index (χ4n) is 1.34. The first-order valence-corrected chi connectivity index (χ1v) is 5.65. The summed E-state index contributed by atoms with van der Waals surface area (Å²) >= 11 is 7.26. The lowest BCUT2D eigenvalue weighted by Crippen LogP contribution is -2.15. The minimum Gasteiger partial charge on any atom is -0.282 e. The summed E-state index contributed by atoms with van der Waals surface area (Å²) in [6, 6.07) is 7.53. The van der Waals surface area contributed by atoms with Gasteiger partial charge in [0.05, 0.1) is 0 Å². The Morgan fingerprint density at radius 3 is 2.57 bits per heavy atom. The van der Waals surface area contributed by atoms with Gasteiger partial charge in [-0.25, -0.2) is 0 Å². The maximum Gasteiger partial charge on any atom is 0.232 e. The molecular weight excluding hydrogens is 218 g/mol. The number of amides is 1. The van der Waals surface area contributed by atoms with Crippen molar-refractivity contribution in [1.29, 1.82) is 0 Å². The smallest absolute Gasteiger partial charge is 0.232 e. The highest BCUT2D eigenvalue weighted by Crippen LogP contribution is 2.28. The molecule has 1 amide bonds. The van der Waals surface area contributed by atoms with Gasteiger partial charge in [-0.15, -0.1) is 0 Å². The number of carbonyl (C=O) groups is 1. The first-order chi connectivity index (χ1) is 6.75. The van der Waals surface area contributed by atoms with Crippen molar-refractivity contribution in [2.75, 3.05) is 6.54 Å². The number of rotatable bonds is 2. The first kappa shape index (κ1) is 9.87. The Hall–Kier alpha value is -0.670. The minimum atomic E-state index is 0.227. The molecule has 0 aromatic heterocycles. The second kappa shape index (κ2) is 4.24. The summed E-state index contributed by atoms with van der Waals surface area (Å²) in [7, 11) is 0. The molecule has 1 fully saturated rings. The molecule has 1 aromatic carbocycles. The van der Waals surface area contributed by atoms with Crippen LogP contribution in [-0.4, -0.2) is 16.8 Å². The number of benzene rings is 1. The molecule has 4 heteroatoms. The van der Waals surface area contributed by atoms with Gasteiger partial charge >= 0.3 is 0 Å². The third-order valence-corrected chi connectivity index (χ3v) is 3.40. The summed E-state index contributed by atoms with van der Waals surface area (Å²) < 4.78 is 1.81. The van der Waals surface area contributed by atoms with E-state index in [4.69, 9.17) is 11.6 Å². The molecule has 74 valence electrons. The van der Waals surface area contributed by atoms with Crippen LogP contribution in [0.4, 0.5) is 0 Å². The minimum absolute atomic E-state index is 0.227. The Morgan fingerprint density at radius 1 is 1.29 bits per heavy atom. The van der Waals surface area contributed by atoms with E-state index in [1.165, 1.54) is 11.9 Å². The van der Waals surface area contributed by atoms with Crippen molar-refractivity contribution in [2.24, 2.45) is 0 Å². The summed E-state index contributed by atoms with van der Waals surface area (Å²) in [6.07, 6.45) is 1.65. The molecule has 1 aliphatic heterocycles. The zero-order valence-electron chi connectivity index (χ0n) is 7.57. The van der Waals surface area contributed by atoms with Crippen LogP contribution in [-0.2, 0) is 4.79 Å². The van der Waals surface area contributed by atoms with Gasteiger partial charge in [-0.05, 0) is 42.6 Å². The fourth-order valence-corrected chi connectivity index (χ4v) is 2.39. The van der Waals surface area contributed by atoms with E-state index in [9.17, 15) is 4.79 Å². The Morgan fingerprint density at radius 2 is 2.00 bits per heavy atom. The van der Waals surface area contributed by atoms with Crippen molar-refractivity contribution >= 4 is 29.5 Å². The van der Waals surface area contributed by atoms with Crippen molar-refractivity contribution < 1.29 is 4.79 Å². The van der Waals surface area contributed by atoms with Crippen LogP contribution in [0.5, 0.6) is 0 Å². The zero-order chi connectivity index (χ0) is 9.97. The molecule has 0 unspecified atom stereocenters. The molecule has 1 aliphatic rings. The first-order valence-electron chi connectivity index (χ1n) is 4.49. The van der Waals surface area contributed by atoms with Crippen LogP contribution in [0.2, 0.25) is 5.02 Å². The number of carbonyl (C=O) groups excluding carboxylic acids is 1. The number of nitrogens with zero attached hydrogens (tertiary/aromatic N) is 1. The highest BCUT2D eigenvalue weighted by molar-refractivity contribution is 7.97. The van der Waals surface area contributed by atoms with Gasteiger partial charge in [0.25, 0.3) is 0 Å². The van der Waals surface area contributed by atoms with Crippen molar-refractivity contribution in [3.05, 3.63) is 29.3 Å². The molecule has 0 N–H and O–H groups in total. The van der Waals surface area contributed by atoms with Crippen molar-refractivity contribution in [1.82, 2.24) is 4.31 Å². The van der Waals surface area contributed by atoms with Crippen LogP contribution in [0, 0.1) is 0 Å². The van der Waals surface area contributed by atoms with Crippen LogP contribution in [0.25, 0.3) is 0 Å². The van der Waals surface area contributed by atoms with Crippen molar-refractivity contribution in [3.8, 4) is 0 Å². The SMILES string of the molecule is O=C1CCCN1Sc1ccc(Cl)cc1. The Bertz CT molecular complexity index is 338. The Balaban J connectivity index is 2.03. The van der Waals surface area contributed by atoms with Gasteiger partial charge in [0.1, 0.15) is 0 Å². The Kier molecular flexibility index (Phi) is 2.99. The van der Waals surface area contributed by atoms with E-state index in [0.717, 1.165) is 22.9 Å². The normalized spacial score (nSPS) is 16.4. The number of hydrogen-bond donors (Lipinski definition) is 0. The van der Waals surface area contributed by atoms with E-state index in [2.05, 4.69) is 0 Å². The number of hydrogen-bond acceptors (Lipinski definition) is 2. The third-order valence-electron chi connectivity index (χ3n) is 2.06. The number of halogens is 1. The van der Waals surface area contributed by atoms with E-state index in [1.807, 2.05) is 28.6 Å². The topological polar surface area (TPSA) is 20.3 Å². The standard InChI is InChI=1S/C10H10ClNOS/c11-8-3-5-9(6-4-8)14-12-7-1-2-10(12)13/h3-6H,1-2,7H2. The van der Waals surface area contributed by atoms with E-state index in [1.54, 1.807) is 0 Å². The summed E-state index contributed by atoms with van der Waals surface area (Å²) in [5.41, 5.74) is 0. The van der Waals surface area contributed by atoms with Gasteiger partial charge in [-0.2, -0.15) is 0 Å². The highest BCUT2D eigenvalue weighted by Gasteiger charge is 2.20. The second-order valence-corrected chi connectivity index (χ2v) is 4.68. The molecular formula is C10H10ClNOS. The molecule has 0 radical (unpaired) electrons. The Labute approximate surface area is 92.4 Å². The fraction of sp³-hybridized carbons (Fsp3) is 0.300. The molecule has 0 bridgehead atoms. The molecule has 0 aliphatic carbocycles. The van der Waals surface area contributed by atoms with Gasteiger partial charge in [-0.3, -0.25) is 9.10 Å². The maximum atomic E-state index is 11.3. The van der Waals surface area contributed by atoms with Crippen LogP contribution < -0.4 is 0 Å². The van der Waals surface area contributed by atoms with E-state index < -0.39 is 0 Å². The lowest BCUT2D eigenvalue weighted by atomic mass is 10.4. The summed E-state index contributed by atoms with van der Waals surface area (Å²) in [4.78, 5) is 12.4. The van der Waals surface area contributed by atoms with Crippen LogP contribution >= 0.6 is 23.5 Å². The molecule has 2 rings (SSSR count). The van der Waals surface area contributed by atoms with Gasteiger partial charge in [0.15, 0.2) is 0 Å². The van der Waals surface area contributed by atoms with E-state index >= 15 is 0 Å². The molecule has 2 nitrogen and oxygen atoms in total. The largest absolute Gasteiger partial charge is 0.282 e. The molecule has 0 atom stereocenters. The lowest BCUT2D eigenvalue weighted by Gasteiger charge is -2.13. The summed E-state index contributed by atoms with van der Waals surface area (Å²) in [5, 5.41) is 0.724. The van der Waals surface area contributed by atoms with E-state index in [0.29, 0.717) is 6.42 Å².